The van der Waals surface area contributed by atoms with Gasteiger partial charge in [0.1, 0.15) is 11.6 Å². The molecule has 34 heavy (non-hydrogen) atoms. The van der Waals surface area contributed by atoms with Crippen LogP contribution in [0.25, 0.3) is 22.2 Å². The summed E-state index contributed by atoms with van der Waals surface area (Å²) in [5.41, 5.74) is 0.142. The first-order valence-corrected chi connectivity index (χ1v) is 10.3. The number of aromatic nitrogens is 6. The van der Waals surface area contributed by atoms with Crippen LogP contribution in [-0.2, 0) is 26.7 Å². The number of fused-ring (bicyclic) bond motifs is 2. The molecule has 0 saturated heterocycles. The number of amides is 1. The van der Waals surface area contributed by atoms with Crippen molar-refractivity contribution < 1.29 is 26.7 Å². The molecule has 0 spiro atoms. The van der Waals surface area contributed by atoms with Gasteiger partial charge in [-0.3, -0.25) is 19.3 Å². The molecule has 13 heteroatoms. The van der Waals surface area contributed by atoms with Crippen molar-refractivity contribution in [1.29, 1.82) is 0 Å². The van der Waals surface area contributed by atoms with Crippen molar-refractivity contribution in [3.05, 3.63) is 52.6 Å². The Labute approximate surface area is 189 Å². The minimum absolute atomic E-state index is 0.0441. The molecule has 1 amide bonds. The van der Waals surface area contributed by atoms with E-state index in [0.717, 1.165) is 16.9 Å². The Morgan fingerprint density at radius 3 is 2.62 bits per heavy atom. The van der Waals surface area contributed by atoms with E-state index in [9.17, 15) is 26.7 Å². The highest BCUT2D eigenvalue weighted by molar-refractivity contribution is 6.05. The van der Waals surface area contributed by atoms with Gasteiger partial charge in [0.2, 0.25) is 0 Å². The predicted octanol–water partition coefficient (Wildman–Crippen LogP) is 3.75. The number of hydrogen-bond donors (Lipinski definition) is 1. The SMILES string of the molecule is C[C@H]1c2nn(C)c(-c3cnn(C)c3C(F)(F)F)c2CCN1C(=O)c1n[nH]c2cc(F)cc(F)c12. The van der Waals surface area contributed by atoms with Crippen molar-refractivity contribution in [2.45, 2.75) is 25.6 Å². The fourth-order valence-corrected chi connectivity index (χ4v) is 4.67. The van der Waals surface area contributed by atoms with Gasteiger partial charge in [-0.15, -0.1) is 0 Å². The van der Waals surface area contributed by atoms with Crippen LogP contribution in [0.2, 0.25) is 0 Å². The van der Waals surface area contributed by atoms with Crippen LogP contribution in [0.1, 0.15) is 40.4 Å². The Morgan fingerprint density at radius 1 is 1.18 bits per heavy atom. The van der Waals surface area contributed by atoms with Gasteiger partial charge in [0, 0.05) is 32.3 Å². The Morgan fingerprint density at radius 2 is 1.91 bits per heavy atom. The number of aryl methyl sites for hydroxylation is 2. The largest absolute Gasteiger partial charge is 0.433 e. The van der Waals surface area contributed by atoms with Crippen LogP contribution < -0.4 is 0 Å². The average molecular weight is 479 g/mol. The predicted molar refractivity (Wildman–Crippen MR) is 110 cm³/mol. The van der Waals surface area contributed by atoms with E-state index in [1.165, 1.54) is 23.7 Å². The topological polar surface area (TPSA) is 84.6 Å². The minimum Gasteiger partial charge on any atom is -0.328 e. The highest BCUT2D eigenvalue weighted by Gasteiger charge is 2.41. The number of H-pyrrole nitrogens is 1. The van der Waals surface area contributed by atoms with Crippen LogP contribution in [0, 0.1) is 11.6 Å². The van der Waals surface area contributed by atoms with Crippen molar-refractivity contribution in [2.24, 2.45) is 14.1 Å². The molecule has 1 aromatic carbocycles. The van der Waals surface area contributed by atoms with E-state index >= 15 is 0 Å². The summed E-state index contributed by atoms with van der Waals surface area (Å²) in [7, 11) is 2.75. The summed E-state index contributed by atoms with van der Waals surface area (Å²) in [5.74, 6) is -2.33. The molecule has 8 nitrogen and oxygen atoms in total. The van der Waals surface area contributed by atoms with Gasteiger partial charge < -0.3 is 4.90 Å². The molecule has 0 unspecified atom stereocenters. The van der Waals surface area contributed by atoms with Crippen LogP contribution in [0.3, 0.4) is 0 Å². The van der Waals surface area contributed by atoms with Crippen molar-refractivity contribution >= 4 is 16.8 Å². The van der Waals surface area contributed by atoms with Gasteiger partial charge in [-0.25, -0.2) is 8.78 Å². The molecule has 4 aromatic rings. The fourth-order valence-electron chi connectivity index (χ4n) is 4.67. The number of benzene rings is 1. The van der Waals surface area contributed by atoms with Crippen molar-refractivity contribution in [1.82, 2.24) is 34.7 Å². The number of nitrogens with one attached hydrogen (secondary N) is 1. The first kappa shape index (κ1) is 22.0. The number of alkyl halides is 3. The first-order valence-electron chi connectivity index (χ1n) is 10.3. The van der Waals surface area contributed by atoms with E-state index in [2.05, 4.69) is 20.4 Å². The van der Waals surface area contributed by atoms with Crippen LogP contribution in [-0.4, -0.2) is 47.1 Å². The van der Waals surface area contributed by atoms with E-state index in [4.69, 9.17) is 0 Å². The standard InChI is InChI=1S/C21H18F5N7O/c1-9-16-11(18(31(2)30-16)12-8-27-32(3)19(12)21(24,25)26)4-5-33(9)20(34)17-15-13(23)6-10(22)7-14(15)28-29-17/h6-9H,4-5H2,1-3H3,(H,28,29)/t9-/m0/s1. The summed E-state index contributed by atoms with van der Waals surface area (Å²) in [6.45, 7) is 1.83. The Balaban J connectivity index is 1.55. The average Bonchev–Trinajstić information content (AvgIpc) is 3.42. The van der Waals surface area contributed by atoms with E-state index in [1.54, 1.807) is 6.92 Å². The number of nitrogens with zero attached hydrogens (tertiary/aromatic N) is 6. The quantitative estimate of drug-likeness (QED) is 0.444. The number of halogens is 5. The Bertz CT molecular complexity index is 1450. The fraction of sp³-hybridized carbons (Fsp3) is 0.333. The zero-order valence-corrected chi connectivity index (χ0v) is 18.2. The second-order valence-corrected chi connectivity index (χ2v) is 8.17. The molecule has 178 valence electrons. The Hall–Kier alpha value is -3.77. The molecule has 1 aliphatic rings. The maximum atomic E-state index is 14.4. The zero-order chi connectivity index (χ0) is 24.5. The molecule has 1 atom stereocenters. The molecule has 0 bridgehead atoms. The highest BCUT2D eigenvalue weighted by atomic mass is 19.4. The molecule has 4 heterocycles. The second-order valence-electron chi connectivity index (χ2n) is 8.17. The number of hydrogen-bond acceptors (Lipinski definition) is 4. The summed E-state index contributed by atoms with van der Waals surface area (Å²) >= 11 is 0. The maximum Gasteiger partial charge on any atom is 0.433 e. The second kappa shape index (κ2) is 7.37. The third kappa shape index (κ3) is 3.17. The number of carbonyl (C=O) groups is 1. The van der Waals surface area contributed by atoms with E-state index in [1.807, 2.05) is 0 Å². The number of carbonyl (C=O) groups excluding carboxylic acids is 1. The molecular formula is C21H18F5N7O. The molecule has 0 saturated carbocycles. The van der Waals surface area contributed by atoms with Crippen LogP contribution in [0.15, 0.2) is 18.3 Å². The lowest BCUT2D eigenvalue weighted by molar-refractivity contribution is -0.143. The third-order valence-electron chi connectivity index (χ3n) is 6.15. The Kier molecular flexibility index (Phi) is 4.78. The van der Waals surface area contributed by atoms with Gasteiger partial charge in [-0.2, -0.15) is 28.5 Å². The number of aromatic amines is 1. The van der Waals surface area contributed by atoms with Crippen molar-refractivity contribution in [2.75, 3.05) is 6.54 Å². The monoisotopic (exact) mass is 479 g/mol. The van der Waals surface area contributed by atoms with E-state index < -0.39 is 35.5 Å². The van der Waals surface area contributed by atoms with Gasteiger partial charge in [-0.05, 0) is 19.4 Å². The molecule has 5 rings (SSSR count). The lowest BCUT2D eigenvalue weighted by Gasteiger charge is -2.32. The summed E-state index contributed by atoms with van der Waals surface area (Å²) in [6.07, 6.45) is -3.25. The van der Waals surface area contributed by atoms with Gasteiger partial charge >= 0.3 is 6.18 Å². The van der Waals surface area contributed by atoms with Crippen LogP contribution >= 0.6 is 0 Å². The lowest BCUT2D eigenvalue weighted by Crippen LogP contribution is -2.39. The van der Waals surface area contributed by atoms with Crippen LogP contribution in [0.5, 0.6) is 0 Å². The first-order chi connectivity index (χ1) is 16.0. The molecular weight excluding hydrogens is 461 g/mol. The maximum absolute atomic E-state index is 14.4. The molecule has 1 aliphatic heterocycles. The molecule has 3 aromatic heterocycles. The lowest BCUT2D eigenvalue weighted by atomic mass is 9.95. The third-order valence-corrected chi connectivity index (χ3v) is 6.15. The van der Waals surface area contributed by atoms with Crippen molar-refractivity contribution in [3.63, 3.8) is 0 Å². The molecule has 1 N–H and O–H groups in total. The highest BCUT2D eigenvalue weighted by Crippen LogP contribution is 2.41. The zero-order valence-electron chi connectivity index (χ0n) is 18.2. The van der Waals surface area contributed by atoms with Crippen LogP contribution in [0.4, 0.5) is 22.0 Å². The van der Waals surface area contributed by atoms with Gasteiger partial charge in [0.15, 0.2) is 11.4 Å². The van der Waals surface area contributed by atoms with E-state index in [0.29, 0.717) is 17.3 Å². The van der Waals surface area contributed by atoms with Gasteiger partial charge in [0.25, 0.3) is 5.91 Å². The minimum atomic E-state index is -4.62. The van der Waals surface area contributed by atoms with Gasteiger partial charge in [-0.1, -0.05) is 0 Å². The summed E-state index contributed by atoms with van der Waals surface area (Å²) < 4.78 is 71.1. The number of rotatable bonds is 2. The molecule has 0 fully saturated rings. The summed E-state index contributed by atoms with van der Waals surface area (Å²) in [5, 5.41) is 14.4. The summed E-state index contributed by atoms with van der Waals surface area (Å²) in [6, 6.07) is 1.08. The van der Waals surface area contributed by atoms with E-state index in [-0.39, 0.29) is 40.8 Å². The molecule has 0 aliphatic carbocycles. The van der Waals surface area contributed by atoms with Gasteiger partial charge in [0.05, 0.1) is 40.1 Å². The normalized spacial score (nSPS) is 16.4. The summed E-state index contributed by atoms with van der Waals surface area (Å²) in [4.78, 5) is 14.7. The smallest absolute Gasteiger partial charge is 0.328 e. The van der Waals surface area contributed by atoms with Crippen molar-refractivity contribution in [3.8, 4) is 11.3 Å². The molecule has 0 radical (unpaired) electrons.